The van der Waals surface area contributed by atoms with Gasteiger partial charge >= 0.3 is 0 Å². The van der Waals surface area contributed by atoms with E-state index < -0.39 is 0 Å². The number of rotatable bonds is 9. The van der Waals surface area contributed by atoms with Gasteiger partial charge in [0.1, 0.15) is 0 Å². The molecule has 25 heavy (non-hydrogen) atoms. The standard InChI is InChI=1S/C19H23ClN2O3/c1-4-9-25-19-16(20)10-14(11-18(19)24-6-3)7-8-17(23)15-12-21-22(5-2)13-15/h7-8,10-13H,4-6,9H2,1-3H3/b8-7+. The second kappa shape index (κ2) is 9.28. The van der Waals surface area contributed by atoms with E-state index in [1.54, 1.807) is 29.2 Å². The zero-order chi connectivity index (χ0) is 18.2. The van der Waals surface area contributed by atoms with Gasteiger partial charge in [-0.25, -0.2) is 0 Å². The maximum atomic E-state index is 12.2. The first-order valence-electron chi connectivity index (χ1n) is 8.43. The molecule has 0 atom stereocenters. The van der Waals surface area contributed by atoms with Crippen molar-refractivity contribution >= 4 is 23.5 Å². The van der Waals surface area contributed by atoms with Crippen molar-refractivity contribution in [1.29, 1.82) is 0 Å². The molecule has 1 aromatic carbocycles. The molecule has 5 nitrogen and oxygen atoms in total. The van der Waals surface area contributed by atoms with Crippen LogP contribution in [0, 0.1) is 0 Å². The Hall–Kier alpha value is -2.27. The van der Waals surface area contributed by atoms with Crippen LogP contribution < -0.4 is 9.47 Å². The molecule has 2 rings (SSSR count). The number of nitrogens with zero attached hydrogens (tertiary/aromatic N) is 2. The Kier molecular flexibility index (Phi) is 7.07. The van der Waals surface area contributed by atoms with Crippen LogP contribution in [0.5, 0.6) is 11.5 Å². The Labute approximate surface area is 153 Å². The van der Waals surface area contributed by atoms with E-state index in [-0.39, 0.29) is 5.78 Å². The van der Waals surface area contributed by atoms with E-state index >= 15 is 0 Å². The highest BCUT2D eigenvalue weighted by Crippen LogP contribution is 2.37. The van der Waals surface area contributed by atoms with Crippen LogP contribution in [0.3, 0.4) is 0 Å². The summed E-state index contributed by atoms with van der Waals surface area (Å²) in [5.41, 5.74) is 1.32. The molecule has 0 amide bonds. The first-order valence-corrected chi connectivity index (χ1v) is 8.80. The van der Waals surface area contributed by atoms with Gasteiger partial charge in [0.2, 0.25) is 0 Å². The van der Waals surface area contributed by atoms with Crippen molar-refractivity contribution in [2.24, 2.45) is 0 Å². The lowest BCUT2D eigenvalue weighted by atomic mass is 10.1. The first-order chi connectivity index (χ1) is 12.1. The number of allylic oxidation sites excluding steroid dienone is 1. The van der Waals surface area contributed by atoms with Crippen LogP contribution >= 0.6 is 11.6 Å². The van der Waals surface area contributed by atoms with Gasteiger partial charge in [0.15, 0.2) is 17.3 Å². The molecule has 0 aliphatic rings. The summed E-state index contributed by atoms with van der Waals surface area (Å²) in [6, 6.07) is 3.58. The molecule has 0 saturated heterocycles. The summed E-state index contributed by atoms with van der Waals surface area (Å²) >= 11 is 6.32. The lowest BCUT2D eigenvalue weighted by molar-refractivity contribution is 0.104. The number of hydrogen-bond acceptors (Lipinski definition) is 4. The number of ketones is 1. The number of hydrogen-bond donors (Lipinski definition) is 0. The number of carbonyl (C=O) groups excluding carboxylic acids is 1. The highest BCUT2D eigenvalue weighted by molar-refractivity contribution is 6.32. The van der Waals surface area contributed by atoms with Gasteiger partial charge < -0.3 is 9.47 Å². The van der Waals surface area contributed by atoms with Crippen molar-refractivity contribution in [1.82, 2.24) is 9.78 Å². The van der Waals surface area contributed by atoms with E-state index in [2.05, 4.69) is 5.10 Å². The van der Waals surface area contributed by atoms with Crippen molar-refractivity contribution in [2.45, 2.75) is 33.7 Å². The molecule has 0 N–H and O–H groups in total. The van der Waals surface area contributed by atoms with Gasteiger partial charge in [-0.2, -0.15) is 5.10 Å². The second-order valence-electron chi connectivity index (χ2n) is 5.39. The van der Waals surface area contributed by atoms with Crippen LogP contribution in [0.4, 0.5) is 0 Å². The van der Waals surface area contributed by atoms with Crippen molar-refractivity contribution < 1.29 is 14.3 Å². The summed E-state index contributed by atoms with van der Waals surface area (Å²) in [5, 5.41) is 4.57. The van der Waals surface area contributed by atoms with E-state index in [1.165, 1.54) is 6.08 Å². The Morgan fingerprint density at radius 2 is 2.08 bits per heavy atom. The number of benzene rings is 1. The average Bonchev–Trinajstić information content (AvgIpc) is 3.08. The topological polar surface area (TPSA) is 53.3 Å². The molecular weight excluding hydrogens is 340 g/mol. The maximum Gasteiger partial charge on any atom is 0.189 e. The van der Waals surface area contributed by atoms with Gasteiger partial charge in [-0.3, -0.25) is 9.48 Å². The Morgan fingerprint density at radius 1 is 1.28 bits per heavy atom. The zero-order valence-corrected chi connectivity index (χ0v) is 15.5. The largest absolute Gasteiger partial charge is 0.490 e. The quantitative estimate of drug-likeness (QED) is 0.481. The molecule has 0 spiro atoms. The monoisotopic (exact) mass is 362 g/mol. The number of carbonyl (C=O) groups is 1. The smallest absolute Gasteiger partial charge is 0.189 e. The minimum atomic E-state index is -0.111. The SMILES string of the molecule is CCCOc1c(Cl)cc(/C=C/C(=O)c2cnn(CC)c2)cc1OCC. The van der Waals surface area contributed by atoms with E-state index in [1.807, 2.05) is 26.8 Å². The van der Waals surface area contributed by atoms with Crippen LogP contribution in [-0.4, -0.2) is 28.8 Å². The summed E-state index contributed by atoms with van der Waals surface area (Å²) < 4.78 is 13.0. The van der Waals surface area contributed by atoms with Crippen LogP contribution in [0.2, 0.25) is 5.02 Å². The average molecular weight is 363 g/mol. The number of halogens is 1. The fourth-order valence-electron chi connectivity index (χ4n) is 2.22. The molecule has 134 valence electrons. The minimum absolute atomic E-state index is 0.111. The summed E-state index contributed by atoms with van der Waals surface area (Å²) in [6.07, 6.45) is 7.39. The summed E-state index contributed by atoms with van der Waals surface area (Å²) in [4.78, 5) is 12.2. The predicted molar refractivity (Wildman–Crippen MR) is 99.7 cm³/mol. The van der Waals surface area contributed by atoms with Gasteiger partial charge in [-0.05, 0) is 44.0 Å². The molecule has 1 heterocycles. The van der Waals surface area contributed by atoms with Gasteiger partial charge in [-0.1, -0.05) is 24.6 Å². The van der Waals surface area contributed by atoms with Crippen LogP contribution in [0.15, 0.2) is 30.6 Å². The third-order valence-electron chi connectivity index (χ3n) is 3.45. The molecule has 0 bridgehead atoms. The van der Waals surface area contributed by atoms with E-state index in [4.69, 9.17) is 21.1 Å². The summed E-state index contributed by atoms with van der Waals surface area (Å²) in [5.74, 6) is 1.01. The van der Waals surface area contributed by atoms with E-state index in [0.29, 0.717) is 35.3 Å². The normalized spacial score (nSPS) is 11.0. The fraction of sp³-hybridized carbons (Fsp3) is 0.368. The Balaban J connectivity index is 2.21. The van der Waals surface area contributed by atoms with E-state index in [9.17, 15) is 4.79 Å². The van der Waals surface area contributed by atoms with Crippen LogP contribution in [-0.2, 0) is 6.54 Å². The highest BCUT2D eigenvalue weighted by atomic mass is 35.5. The molecule has 0 unspecified atom stereocenters. The minimum Gasteiger partial charge on any atom is -0.490 e. The summed E-state index contributed by atoms with van der Waals surface area (Å²) in [7, 11) is 0. The third kappa shape index (κ3) is 5.10. The number of aromatic nitrogens is 2. The predicted octanol–water partition coefficient (Wildman–Crippen LogP) is 4.64. The van der Waals surface area contributed by atoms with Gasteiger partial charge in [0.25, 0.3) is 0 Å². The van der Waals surface area contributed by atoms with E-state index in [0.717, 1.165) is 18.5 Å². The molecule has 0 radical (unpaired) electrons. The van der Waals surface area contributed by atoms with Crippen molar-refractivity contribution in [2.75, 3.05) is 13.2 Å². The van der Waals surface area contributed by atoms with Crippen LogP contribution in [0.1, 0.15) is 43.1 Å². The Bertz CT molecular complexity index is 753. The molecule has 0 aliphatic heterocycles. The third-order valence-corrected chi connectivity index (χ3v) is 3.73. The lowest BCUT2D eigenvalue weighted by Gasteiger charge is -2.14. The maximum absolute atomic E-state index is 12.2. The number of aryl methyl sites for hydroxylation is 1. The molecule has 2 aromatic rings. The Morgan fingerprint density at radius 3 is 2.72 bits per heavy atom. The molecular formula is C19H23ClN2O3. The second-order valence-corrected chi connectivity index (χ2v) is 5.80. The first kappa shape index (κ1) is 19.1. The lowest BCUT2D eigenvalue weighted by Crippen LogP contribution is -2.01. The fourth-order valence-corrected chi connectivity index (χ4v) is 2.50. The molecule has 0 fully saturated rings. The zero-order valence-electron chi connectivity index (χ0n) is 14.8. The molecule has 0 aliphatic carbocycles. The van der Waals surface area contributed by atoms with Crippen molar-refractivity contribution in [3.63, 3.8) is 0 Å². The van der Waals surface area contributed by atoms with Crippen molar-refractivity contribution in [3.05, 3.63) is 46.8 Å². The van der Waals surface area contributed by atoms with Crippen LogP contribution in [0.25, 0.3) is 6.08 Å². The number of ether oxygens (including phenoxy) is 2. The summed E-state index contributed by atoms with van der Waals surface area (Å²) in [6.45, 7) is 7.68. The molecule has 6 heteroatoms. The van der Waals surface area contributed by atoms with Gasteiger partial charge in [0.05, 0.1) is 30.0 Å². The van der Waals surface area contributed by atoms with Crippen molar-refractivity contribution in [3.8, 4) is 11.5 Å². The molecule has 0 saturated carbocycles. The van der Waals surface area contributed by atoms with Gasteiger partial charge in [0, 0.05) is 12.7 Å². The van der Waals surface area contributed by atoms with Gasteiger partial charge in [-0.15, -0.1) is 0 Å². The molecule has 1 aromatic heterocycles. The highest BCUT2D eigenvalue weighted by Gasteiger charge is 2.12.